The zero-order chi connectivity index (χ0) is 19.0. The first-order valence-electron chi connectivity index (χ1n) is 7.76. The third kappa shape index (κ3) is 2.92. The Labute approximate surface area is 147 Å². The molecule has 1 aromatic carbocycles. The van der Waals surface area contributed by atoms with Gasteiger partial charge in [0.1, 0.15) is 23.8 Å². The van der Waals surface area contributed by atoms with Gasteiger partial charge in [-0.25, -0.2) is 9.66 Å². The molecule has 0 unspecified atom stereocenters. The molecule has 3 rings (SSSR count). The van der Waals surface area contributed by atoms with Crippen LogP contribution in [-0.4, -0.2) is 30.3 Å². The molecule has 0 aliphatic heterocycles. The summed E-state index contributed by atoms with van der Waals surface area (Å²) in [5.74, 6) is -0.228. The maximum absolute atomic E-state index is 12.5. The van der Waals surface area contributed by atoms with Crippen LogP contribution in [0.2, 0.25) is 0 Å². The molecule has 0 saturated heterocycles. The summed E-state index contributed by atoms with van der Waals surface area (Å²) in [7, 11) is 0. The molecule has 26 heavy (non-hydrogen) atoms. The van der Waals surface area contributed by atoms with Gasteiger partial charge in [0.25, 0.3) is 11.5 Å². The number of hydrogen-bond donors (Lipinski definition) is 1. The number of hydrogen-bond acceptors (Lipinski definition) is 6. The lowest BCUT2D eigenvalue weighted by molar-refractivity contribution is -0.386. The first-order chi connectivity index (χ1) is 12.3. The van der Waals surface area contributed by atoms with Crippen LogP contribution in [-0.2, 0) is 11.3 Å². The maximum atomic E-state index is 12.5. The van der Waals surface area contributed by atoms with Crippen LogP contribution < -0.4 is 11.0 Å². The molecule has 3 aromatic rings. The Bertz CT molecular complexity index is 1100. The number of benzene rings is 1. The van der Waals surface area contributed by atoms with Gasteiger partial charge in [-0.2, -0.15) is 5.10 Å². The van der Waals surface area contributed by atoms with Crippen molar-refractivity contribution in [2.24, 2.45) is 0 Å². The van der Waals surface area contributed by atoms with Crippen molar-refractivity contribution in [2.75, 3.05) is 5.43 Å². The van der Waals surface area contributed by atoms with Crippen molar-refractivity contribution in [2.45, 2.75) is 27.3 Å². The highest BCUT2D eigenvalue weighted by Gasteiger charge is 2.23. The van der Waals surface area contributed by atoms with Gasteiger partial charge in [0, 0.05) is 0 Å². The highest BCUT2D eigenvalue weighted by molar-refractivity contribution is 5.84. The predicted octanol–water partition coefficient (Wildman–Crippen LogP) is 1.20. The second-order valence-electron chi connectivity index (χ2n) is 5.79. The zero-order valence-corrected chi connectivity index (χ0v) is 14.4. The Balaban J connectivity index is 1.90. The van der Waals surface area contributed by atoms with Gasteiger partial charge in [0.15, 0.2) is 0 Å². The van der Waals surface area contributed by atoms with E-state index in [1.54, 1.807) is 31.2 Å². The Kier molecular flexibility index (Phi) is 4.24. The molecule has 10 nitrogen and oxygen atoms in total. The van der Waals surface area contributed by atoms with Crippen molar-refractivity contribution in [3.8, 4) is 0 Å². The monoisotopic (exact) mass is 356 g/mol. The van der Waals surface area contributed by atoms with Gasteiger partial charge in [-0.05, 0) is 32.9 Å². The molecule has 0 aliphatic rings. The van der Waals surface area contributed by atoms with E-state index >= 15 is 0 Å². The first kappa shape index (κ1) is 17.3. The van der Waals surface area contributed by atoms with Crippen molar-refractivity contribution in [1.29, 1.82) is 0 Å². The van der Waals surface area contributed by atoms with Crippen LogP contribution in [0.3, 0.4) is 0 Å². The van der Waals surface area contributed by atoms with Crippen LogP contribution in [0.1, 0.15) is 17.2 Å². The number of carbonyl (C=O) groups excluding carboxylic acids is 1. The molecular formula is C16H16N6O4. The highest BCUT2D eigenvalue weighted by Crippen LogP contribution is 2.21. The molecule has 10 heteroatoms. The molecule has 0 saturated carbocycles. The highest BCUT2D eigenvalue weighted by atomic mass is 16.6. The van der Waals surface area contributed by atoms with Crippen LogP contribution >= 0.6 is 0 Å². The Morgan fingerprint density at radius 2 is 1.96 bits per heavy atom. The smallest absolute Gasteiger partial charge is 0.271 e. The summed E-state index contributed by atoms with van der Waals surface area (Å²) in [6, 6.07) is 6.82. The van der Waals surface area contributed by atoms with E-state index in [9.17, 15) is 19.7 Å². The van der Waals surface area contributed by atoms with E-state index in [4.69, 9.17) is 0 Å². The van der Waals surface area contributed by atoms with Gasteiger partial charge in [0.05, 0.1) is 15.8 Å². The van der Waals surface area contributed by atoms with Gasteiger partial charge in [-0.3, -0.25) is 29.8 Å². The van der Waals surface area contributed by atoms with E-state index in [-0.39, 0.29) is 23.6 Å². The molecule has 0 aliphatic carbocycles. The van der Waals surface area contributed by atoms with Crippen molar-refractivity contribution < 1.29 is 9.72 Å². The topological polar surface area (TPSA) is 125 Å². The number of carbonyl (C=O) groups is 1. The summed E-state index contributed by atoms with van der Waals surface area (Å²) >= 11 is 0. The lowest BCUT2D eigenvalue weighted by Crippen LogP contribution is -2.37. The number of fused-ring (bicyclic) bond motifs is 1. The standard InChI is InChI=1S/C16H16N6O4/c1-9-15(22(25)26)10(2)20(18-9)8-14(23)19-21-11(3)17-13-7-5-4-6-12(13)16(21)24/h4-7H,8H2,1-3H3,(H,19,23). The number of para-hydroxylation sites is 1. The quantitative estimate of drug-likeness (QED) is 0.553. The average Bonchev–Trinajstić information content (AvgIpc) is 2.85. The van der Waals surface area contributed by atoms with Crippen LogP contribution in [0, 0.1) is 30.9 Å². The number of aromatic nitrogens is 4. The molecule has 0 fully saturated rings. The van der Waals surface area contributed by atoms with Gasteiger partial charge in [-0.15, -0.1) is 0 Å². The lowest BCUT2D eigenvalue weighted by Gasteiger charge is -2.12. The number of nitrogens with zero attached hydrogens (tertiary/aromatic N) is 5. The Hall–Kier alpha value is -3.56. The van der Waals surface area contributed by atoms with Crippen LogP contribution in [0.25, 0.3) is 10.9 Å². The summed E-state index contributed by atoms with van der Waals surface area (Å²) in [5, 5.41) is 15.4. The van der Waals surface area contributed by atoms with Crippen molar-refractivity contribution in [1.82, 2.24) is 19.4 Å². The number of amides is 1. The molecule has 1 amide bonds. The van der Waals surface area contributed by atoms with E-state index in [0.717, 1.165) is 4.68 Å². The minimum Gasteiger partial charge on any atom is -0.271 e. The molecule has 1 N–H and O–H groups in total. The molecule has 2 heterocycles. The molecule has 2 aromatic heterocycles. The summed E-state index contributed by atoms with van der Waals surface area (Å²) < 4.78 is 2.29. The lowest BCUT2D eigenvalue weighted by atomic mass is 10.2. The third-order valence-corrected chi connectivity index (χ3v) is 4.00. The first-order valence-corrected chi connectivity index (χ1v) is 7.76. The summed E-state index contributed by atoms with van der Waals surface area (Å²) in [4.78, 5) is 39.7. The number of nitro groups is 1. The number of aryl methyl sites for hydroxylation is 2. The average molecular weight is 356 g/mol. The molecule has 0 radical (unpaired) electrons. The normalized spacial score (nSPS) is 10.9. The fourth-order valence-corrected chi connectivity index (χ4v) is 2.78. The molecule has 0 spiro atoms. The summed E-state index contributed by atoms with van der Waals surface area (Å²) in [6.45, 7) is 4.35. The van der Waals surface area contributed by atoms with Crippen molar-refractivity contribution in [3.05, 3.63) is 61.9 Å². The largest absolute Gasteiger partial charge is 0.312 e. The van der Waals surface area contributed by atoms with E-state index in [1.807, 2.05) is 0 Å². The van der Waals surface area contributed by atoms with Gasteiger partial charge < -0.3 is 0 Å². The van der Waals surface area contributed by atoms with Crippen molar-refractivity contribution >= 4 is 22.5 Å². The van der Waals surface area contributed by atoms with Crippen LogP contribution in [0.4, 0.5) is 5.69 Å². The SMILES string of the molecule is Cc1nn(CC(=O)Nn2c(C)nc3ccccc3c2=O)c(C)c1[N+](=O)[O-]. The number of rotatable bonds is 4. The van der Waals surface area contributed by atoms with Crippen LogP contribution in [0.5, 0.6) is 0 Å². The second kappa shape index (κ2) is 6.39. The van der Waals surface area contributed by atoms with E-state index in [0.29, 0.717) is 16.7 Å². The van der Waals surface area contributed by atoms with E-state index in [1.165, 1.54) is 18.5 Å². The zero-order valence-electron chi connectivity index (χ0n) is 14.4. The molecule has 0 bridgehead atoms. The second-order valence-corrected chi connectivity index (χ2v) is 5.79. The fourth-order valence-electron chi connectivity index (χ4n) is 2.78. The fraction of sp³-hybridized carbons (Fsp3) is 0.250. The third-order valence-electron chi connectivity index (χ3n) is 4.00. The molecule has 134 valence electrons. The maximum Gasteiger partial charge on any atom is 0.312 e. The summed E-state index contributed by atoms with van der Waals surface area (Å²) in [5.41, 5.74) is 2.97. The minimum atomic E-state index is -0.548. The molecule has 0 atom stereocenters. The van der Waals surface area contributed by atoms with E-state index in [2.05, 4.69) is 15.5 Å². The van der Waals surface area contributed by atoms with Crippen LogP contribution in [0.15, 0.2) is 29.1 Å². The van der Waals surface area contributed by atoms with Crippen molar-refractivity contribution in [3.63, 3.8) is 0 Å². The van der Waals surface area contributed by atoms with Gasteiger partial charge in [-0.1, -0.05) is 12.1 Å². The van der Waals surface area contributed by atoms with E-state index < -0.39 is 16.4 Å². The van der Waals surface area contributed by atoms with Gasteiger partial charge in [0.2, 0.25) is 0 Å². The predicted molar refractivity (Wildman–Crippen MR) is 93.5 cm³/mol. The Morgan fingerprint density at radius 3 is 2.62 bits per heavy atom. The molecular weight excluding hydrogens is 340 g/mol. The minimum absolute atomic E-state index is 0.126. The number of nitrogens with one attached hydrogen (secondary N) is 1. The Morgan fingerprint density at radius 1 is 1.27 bits per heavy atom. The van der Waals surface area contributed by atoms with Gasteiger partial charge >= 0.3 is 5.69 Å². The summed E-state index contributed by atoms with van der Waals surface area (Å²) in [6.07, 6.45) is 0.